The summed E-state index contributed by atoms with van der Waals surface area (Å²) in [5.41, 5.74) is 5.17. The van der Waals surface area contributed by atoms with Crippen LogP contribution in [0, 0.1) is 5.41 Å². The summed E-state index contributed by atoms with van der Waals surface area (Å²) < 4.78 is 40.6. The van der Waals surface area contributed by atoms with Gasteiger partial charge in [-0.25, -0.2) is 4.98 Å². The Kier molecular flexibility index (Phi) is 5.07. The van der Waals surface area contributed by atoms with Gasteiger partial charge in [-0.15, -0.1) is 13.2 Å². The summed E-state index contributed by atoms with van der Waals surface area (Å²) in [5, 5.41) is 10.5. The molecule has 2 aromatic rings. The third kappa shape index (κ3) is 4.44. The van der Waals surface area contributed by atoms with E-state index in [1.165, 1.54) is 24.4 Å². The van der Waals surface area contributed by atoms with Crippen molar-refractivity contribution < 1.29 is 22.7 Å². The maximum absolute atomic E-state index is 12.1. The van der Waals surface area contributed by atoms with Crippen LogP contribution < -0.4 is 15.8 Å². The molecule has 1 amide bonds. The van der Waals surface area contributed by atoms with Crippen molar-refractivity contribution in [3.8, 4) is 5.75 Å². The minimum Gasteiger partial charge on any atom is -0.406 e. The number of anilines is 2. The second-order valence-corrected chi connectivity index (χ2v) is 5.31. The highest BCUT2D eigenvalue weighted by molar-refractivity contribution is 9.10. The van der Waals surface area contributed by atoms with Crippen LogP contribution in [0.25, 0.3) is 0 Å². The highest BCUT2D eigenvalue weighted by Crippen LogP contribution is 2.28. The number of hydrogen-bond acceptors (Lipinski definition) is 5. The number of benzene rings is 1. The molecule has 0 unspecified atom stereocenters. The van der Waals surface area contributed by atoms with Crippen molar-refractivity contribution in [2.24, 2.45) is 5.73 Å². The molecule has 0 radical (unpaired) electrons. The summed E-state index contributed by atoms with van der Waals surface area (Å²) in [6, 6.07) is 6.43. The molecule has 2 rings (SSSR count). The van der Waals surface area contributed by atoms with Gasteiger partial charge in [0.25, 0.3) is 5.91 Å². The molecule has 0 saturated carbocycles. The first kappa shape index (κ1) is 17.7. The Hall–Kier alpha value is -2.62. The molecule has 126 valence electrons. The lowest BCUT2D eigenvalue weighted by molar-refractivity contribution is -0.274. The van der Waals surface area contributed by atoms with Crippen LogP contribution in [0.1, 0.15) is 5.56 Å². The van der Waals surface area contributed by atoms with Gasteiger partial charge in [0.15, 0.2) is 0 Å². The summed E-state index contributed by atoms with van der Waals surface area (Å²) >= 11 is 3.20. The lowest BCUT2D eigenvalue weighted by atomic mass is 10.1. The predicted octanol–water partition coefficient (Wildman–Crippen LogP) is 3.34. The van der Waals surface area contributed by atoms with Crippen molar-refractivity contribution in [1.29, 1.82) is 5.41 Å². The van der Waals surface area contributed by atoms with Crippen molar-refractivity contribution in [3.05, 3.63) is 46.6 Å². The predicted molar refractivity (Wildman–Crippen MR) is 84.4 cm³/mol. The van der Waals surface area contributed by atoms with Gasteiger partial charge in [-0.05, 0) is 46.3 Å². The first-order valence-corrected chi connectivity index (χ1v) is 7.13. The molecule has 0 saturated heterocycles. The number of amides is 1. The van der Waals surface area contributed by atoms with E-state index in [1.807, 2.05) is 0 Å². The zero-order valence-corrected chi connectivity index (χ0v) is 13.4. The highest BCUT2D eigenvalue weighted by Gasteiger charge is 2.31. The molecule has 1 aromatic heterocycles. The number of aromatic nitrogens is 1. The third-order valence-corrected chi connectivity index (χ3v) is 3.41. The smallest absolute Gasteiger partial charge is 0.406 e. The molecule has 0 aliphatic heterocycles. The van der Waals surface area contributed by atoms with Crippen molar-refractivity contribution in [1.82, 2.24) is 4.98 Å². The van der Waals surface area contributed by atoms with Gasteiger partial charge in [0.05, 0.1) is 5.56 Å². The maximum Gasteiger partial charge on any atom is 0.573 e. The largest absolute Gasteiger partial charge is 0.573 e. The highest BCUT2D eigenvalue weighted by atomic mass is 79.9. The van der Waals surface area contributed by atoms with E-state index >= 15 is 0 Å². The number of carbonyl (C=O) groups is 1. The van der Waals surface area contributed by atoms with Gasteiger partial charge in [0.2, 0.25) is 0 Å². The number of nitrogens with two attached hydrogens (primary N) is 1. The first-order valence-electron chi connectivity index (χ1n) is 6.33. The summed E-state index contributed by atoms with van der Waals surface area (Å²) in [6.45, 7) is 0. The van der Waals surface area contributed by atoms with E-state index in [-0.39, 0.29) is 17.1 Å². The van der Waals surface area contributed by atoms with Gasteiger partial charge >= 0.3 is 6.36 Å². The van der Waals surface area contributed by atoms with Gasteiger partial charge in [-0.2, -0.15) is 0 Å². The summed E-state index contributed by atoms with van der Waals surface area (Å²) in [5.74, 6) is -1.17. The van der Waals surface area contributed by atoms with Crippen molar-refractivity contribution in [3.63, 3.8) is 0 Å². The lowest BCUT2D eigenvalue weighted by Crippen LogP contribution is -2.24. The number of carbonyl (C=O) groups excluding carboxylic acids is 1. The van der Waals surface area contributed by atoms with Gasteiger partial charge < -0.3 is 15.8 Å². The van der Waals surface area contributed by atoms with Crippen molar-refractivity contribution in [2.45, 2.75) is 6.36 Å². The number of alkyl halides is 3. The van der Waals surface area contributed by atoms with E-state index in [2.05, 4.69) is 31.0 Å². The number of nitrogens with one attached hydrogen (secondary N) is 2. The SMILES string of the molecule is N=C(C(N)=O)c1c(Br)ccnc1Nc1ccc(OC(F)(F)F)cc1. The number of pyridine rings is 1. The van der Waals surface area contributed by atoms with Gasteiger partial charge in [-0.3, -0.25) is 10.2 Å². The number of nitrogens with zero attached hydrogens (tertiary/aromatic N) is 1. The first-order chi connectivity index (χ1) is 11.2. The molecule has 0 atom stereocenters. The normalized spacial score (nSPS) is 11.0. The van der Waals surface area contributed by atoms with Crippen LogP contribution in [0.15, 0.2) is 41.0 Å². The minimum atomic E-state index is -4.77. The van der Waals surface area contributed by atoms with E-state index in [9.17, 15) is 18.0 Å². The monoisotopic (exact) mass is 402 g/mol. The number of hydrogen-bond donors (Lipinski definition) is 3. The van der Waals surface area contributed by atoms with Crippen LogP contribution >= 0.6 is 15.9 Å². The summed E-state index contributed by atoms with van der Waals surface area (Å²) in [7, 11) is 0. The van der Waals surface area contributed by atoms with E-state index in [0.717, 1.165) is 12.1 Å². The van der Waals surface area contributed by atoms with Crippen LogP contribution in [0.4, 0.5) is 24.7 Å². The molecule has 0 bridgehead atoms. The van der Waals surface area contributed by atoms with Crippen LogP contribution in [0.5, 0.6) is 5.75 Å². The topological polar surface area (TPSA) is 101 Å². The van der Waals surface area contributed by atoms with Crippen molar-refractivity contribution >= 4 is 39.1 Å². The Labute approximate surface area is 142 Å². The molecule has 10 heteroatoms. The molecular formula is C14H10BrF3N4O2. The van der Waals surface area contributed by atoms with Crippen LogP contribution in [-0.4, -0.2) is 23.0 Å². The third-order valence-electron chi connectivity index (χ3n) is 2.75. The lowest BCUT2D eigenvalue weighted by Gasteiger charge is -2.13. The molecule has 1 aromatic carbocycles. The average Bonchev–Trinajstić information content (AvgIpc) is 2.47. The minimum absolute atomic E-state index is 0.139. The standard InChI is InChI=1S/C14H10BrF3N4O2/c15-9-5-6-21-13(10(9)11(19)12(20)23)22-7-1-3-8(4-2-7)24-14(16,17)18/h1-6,19H,(H2,20,23)(H,21,22). The number of halogens is 4. The van der Waals surface area contributed by atoms with Gasteiger partial charge in [-0.1, -0.05) is 0 Å². The fraction of sp³-hybridized carbons (Fsp3) is 0.0714. The van der Waals surface area contributed by atoms with Crippen LogP contribution in [0.2, 0.25) is 0 Å². The van der Waals surface area contributed by atoms with E-state index in [0.29, 0.717) is 10.2 Å². The second-order valence-electron chi connectivity index (χ2n) is 4.45. The maximum atomic E-state index is 12.1. The molecule has 24 heavy (non-hydrogen) atoms. The van der Waals surface area contributed by atoms with Crippen LogP contribution in [0.3, 0.4) is 0 Å². The number of rotatable bonds is 5. The Balaban J connectivity index is 2.27. The Morgan fingerprint density at radius 2 is 1.88 bits per heavy atom. The Morgan fingerprint density at radius 1 is 1.25 bits per heavy atom. The molecular weight excluding hydrogens is 393 g/mol. The van der Waals surface area contributed by atoms with Gasteiger partial charge in [0, 0.05) is 16.4 Å². The zero-order valence-electron chi connectivity index (χ0n) is 11.8. The molecule has 0 spiro atoms. The van der Waals surface area contributed by atoms with Gasteiger partial charge in [0.1, 0.15) is 17.3 Å². The Morgan fingerprint density at radius 3 is 2.42 bits per heavy atom. The summed E-state index contributed by atoms with van der Waals surface area (Å²) in [6.07, 6.45) is -3.35. The van der Waals surface area contributed by atoms with E-state index < -0.39 is 18.0 Å². The fourth-order valence-corrected chi connectivity index (χ4v) is 2.27. The zero-order chi connectivity index (χ0) is 17.9. The second kappa shape index (κ2) is 6.87. The molecule has 0 aliphatic rings. The molecule has 0 fully saturated rings. The molecule has 4 N–H and O–H groups in total. The van der Waals surface area contributed by atoms with E-state index in [4.69, 9.17) is 11.1 Å². The fourth-order valence-electron chi connectivity index (χ4n) is 1.77. The van der Waals surface area contributed by atoms with Crippen LogP contribution in [-0.2, 0) is 4.79 Å². The number of ether oxygens (including phenoxy) is 1. The summed E-state index contributed by atoms with van der Waals surface area (Å²) in [4.78, 5) is 15.3. The molecule has 1 heterocycles. The molecule has 6 nitrogen and oxygen atoms in total. The average molecular weight is 403 g/mol. The van der Waals surface area contributed by atoms with E-state index in [1.54, 1.807) is 0 Å². The quantitative estimate of drug-likeness (QED) is 0.667. The number of primary amides is 1. The Bertz CT molecular complexity index is 779. The molecule has 0 aliphatic carbocycles. The van der Waals surface area contributed by atoms with Crippen molar-refractivity contribution in [2.75, 3.05) is 5.32 Å².